The average Bonchev–Trinajstić information content (AvgIpc) is 2.36. The highest BCUT2D eigenvalue weighted by Crippen LogP contribution is 2.22. The molecule has 0 atom stereocenters. The standard InChI is InChI=1S/C12H13NO4/c1-16-10-6-4-3-5-9(10)13-11(14)7-8-12(15)17-2/h3-8H,1-2H3,(H,13,14)/b8-7-. The minimum absolute atomic E-state index is 0.431. The number of nitrogens with one attached hydrogen (secondary N) is 1. The van der Waals surface area contributed by atoms with Crippen molar-refractivity contribution in [3.05, 3.63) is 36.4 Å². The zero-order chi connectivity index (χ0) is 12.7. The smallest absolute Gasteiger partial charge is 0.330 e. The second-order valence-corrected chi connectivity index (χ2v) is 3.05. The summed E-state index contributed by atoms with van der Waals surface area (Å²) in [4.78, 5) is 22.2. The summed E-state index contributed by atoms with van der Waals surface area (Å²) < 4.78 is 9.43. The van der Waals surface area contributed by atoms with Gasteiger partial charge in [0, 0.05) is 12.2 Å². The number of anilines is 1. The number of ether oxygens (including phenoxy) is 2. The van der Waals surface area contributed by atoms with Crippen molar-refractivity contribution in [2.75, 3.05) is 19.5 Å². The molecule has 1 N–H and O–H groups in total. The molecule has 1 aromatic rings. The highest BCUT2D eigenvalue weighted by atomic mass is 16.5. The first kappa shape index (κ1) is 12.8. The van der Waals surface area contributed by atoms with Crippen LogP contribution in [0.4, 0.5) is 5.69 Å². The maximum absolute atomic E-state index is 11.4. The Morgan fingerprint density at radius 2 is 1.88 bits per heavy atom. The molecular formula is C12H13NO4. The quantitative estimate of drug-likeness (QED) is 0.632. The zero-order valence-electron chi connectivity index (χ0n) is 9.60. The lowest BCUT2D eigenvalue weighted by Gasteiger charge is -2.07. The lowest BCUT2D eigenvalue weighted by atomic mass is 10.3. The van der Waals surface area contributed by atoms with E-state index in [1.807, 2.05) is 0 Å². The molecule has 1 rings (SSSR count). The van der Waals surface area contributed by atoms with Crippen molar-refractivity contribution in [3.63, 3.8) is 0 Å². The molecule has 0 fully saturated rings. The van der Waals surface area contributed by atoms with Gasteiger partial charge in [-0.05, 0) is 12.1 Å². The number of methoxy groups -OCH3 is 2. The van der Waals surface area contributed by atoms with Crippen LogP contribution in [0.25, 0.3) is 0 Å². The van der Waals surface area contributed by atoms with E-state index in [0.29, 0.717) is 11.4 Å². The number of benzene rings is 1. The second-order valence-electron chi connectivity index (χ2n) is 3.05. The molecule has 0 aliphatic rings. The molecule has 17 heavy (non-hydrogen) atoms. The van der Waals surface area contributed by atoms with E-state index < -0.39 is 11.9 Å². The zero-order valence-corrected chi connectivity index (χ0v) is 9.60. The number of carbonyl (C=O) groups is 2. The lowest BCUT2D eigenvalue weighted by Crippen LogP contribution is -2.09. The number of rotatable bonds is 4. The molecule has 0 radical (unpaired) electrons. The fraction of sp³-hybridized carbons (Fsp3) is 0.167. The van der Waals surface area contributed by atoms with Gasteiger partial charge in [0.15, 0.2) is 0 Å². The van der Waals surface area contributed by atoms with Crippen LogP contribution in [0.15, 0.2) is 36.4 Å². The summed E-state index contributed by atoms with van der Waals surface area (Å²) in [5, 5.41) is 2.58. The van der Waals surface area contributed by atoms with Crippen molar-refractivity contribution in [2.45, 2.75) is 0 Å². The molecule has 0 aliphatic carbocycles. The first-order valence-electron chi connectivity index (χ1n) is 4.87. The Hall–Kier alpha value is -2.30. The maximum Gasteiger partial charge on any atom is 0.330 e. The Balaban J connectivity index is 2.68. The Kier molecular flexibility index (Phi) is 4.75. The van der Waals surface area contributed by atoms with E-state index in [0.717, 1.165) is 12.2 Å². The largest absolute Gasteiger partial charge is 0.495 e. The van der Waals surface area contributed by atoms with Crippen LogP contribution in [0, 0.1) is 0 Å². The van der Waals surface area contributed by atoms with E-state index in [4.69, 9.17) is 4.74 Å². The van der Waals surface area contributed by atoms with E-state index in [1.54, 1.807) is 24.3 Å². The summed E-state index contributed by atoms with van der Waals surface area (Å²) in [6.45, 7) is 0. The molecule has 1 aromatic carbocycles. The van der Waals surface area contributed by atoms with Gasteiger partial charge in [-0.1, -0.05) is 12.1 Å². The van der Waals surface area contributed by atoms with E-state index in [1.165, 1.54) is 14.2 Å². The summed E-state index contributed by atoms with van der Waals surface area (Å²) in [6, 6.07) is 6.98. The maximum atomic E-state index is 11.4. The summed E-state index contributed by atoms with van der Waals surface area (Å²) in [7, 11) is 2.75. The summed E-state index contributed by atoms with van der Waals surface area (Å²) in [5.74, 6) is -0.465. The highest BCUT2D eigenvalue weighted by Gasteiger charge is 2.04. The molecule has 0 unspecified atom stereocenters. The summed E-state index contributed by atoms with van der Waals surface area (Å²) in [5.41, 5.74) is 0.537. The number of para-hydroxylation sites is 2. The minimum atomic E-state index is -0.583. The molecule has 5 heteroatoms. The molecule has 0 spiro atoms. The molecule has 0 aliphatic heterocycles. The van der Waals surface area contributed by atoms with Gasteiger partial charge in [0.05, 0.1) is 19.9 Å². The summed E-state index contributed by atoms with van der Waals surface area (Å²) in [6.07, 6.45) is 2.14. The van der Waals surface area contributed by atoms with Gasteiger partial charge in [0.25, 0.3) is 0 Å². The van der Waals surface area contributed by atoms with Crippen molar-refractivity contribution in [3.8, 4) is 5.75 Å². The second kappa shape index (κ2) is 6.32. The van der Waals surface area contributed by atoms with Crippen LogP contribution < -0.4 is 10.1 Å². The van der Waals surface area contributed by atoms with Gasteiger partial charge in [0.1, 0.15) is 5.75 Å². The normalized spacial score (nSPS) is 10.0. The highest BCUT2D eigenvalue weighted by molar-refractivity contribution is 6.03. The summed E-state index contributed by atoms with van der Waals surface area (Å²) >= 11 is 0. The van der Waals surface area contributed by atoms with Crippen molar-refractivity contribution in [1.29, 1.82) is 0 Å². The number of hydrogen-bond donors (Lipinski definition) is 1. The van der Waals surface area contributed by atoms with Gasteiger partial charge >= 0.3 is 5.97 Å². The predicted molar refractivity (Wildman–Crippen MR) is 62.8 cm³/mol. The van der Waals surface area contributed by atoms with E-state index in [9.17, 15) is 9.59 Å². The lowest BCUT2D eigenvalue weighted by molar-refractivity contribution is -0.135. The average molecular weight is 235 g/mol. The molecule has 0 saturated heterocycles. The van der Waals surface area contributed by atoms with Crippen molar-refractivity contribution < 1.29 is 19.1 Å². The predicted octanol–water partition coefficient (Wildman–Crippen LogP) is 1.36. The van der Waals surface area contributed by atoms with E-state index in [2.05, 4.69) is 10.1 Å². The molecule has 0 aromatic heterocycles. The topological polar surface area (TPSA) is 64.6 Å². The first-order valence-corrected chi connectivity index (χ1v) is 4.87. The van der Waals surface area contributed by atoms with Crippen LogP contribution in [-0.4, -0.2) is 26.1 Å². The molecule has 90 valence electrons. The number of carbonyl (C=O) groups excluding carboxylic acids is 2. The molecule has 0 bridgehead atoms. The molecular weight excluding hydrogens is 222 g/mol. The Morgan fingerprint density at radius 3 is 2.53 bits per heavy atom. The molecule has 0 saturated carbocycles. The minimum Gasteiger partial charge on any atom is -0.495 e. The van der Waals surface area contributed by atoms with Gasteiger partial charge in [-0.15, -0.1) is 0 Å². The number of amides is 1. The van der Waals surface area contributed by atoms with Crippen LogP contribution in [-0.2, 0) is 14.3 Å². The fourth-order valence-electron chi connectivity index (χ4n) is 1.13. The molecule has 0 heterocycles. The van der Waals surface area contributed by atoms with Gasteiger partial charge < -0.3 is 14.8 Å². The van der Waals surface area contributed by atoms with Gasteiger partial charge in [-0.3, -0.25) is 4.79 Å². The van der Waals surface area contributed by atoms with Gasteiger partial charge in [-0.25, -0.2) is 4.79 Å². The van der Waals surface area contributed by atoms with Gasteiger partial charge in [0.2, 0.25) is 5.91 Å². The monoisotopic (exact) mass is 235 g/mol. The number of esters is 1. The third-order valence-corrected chi connectivity index (χ3v) is 1.94. The van der Waals surface area contributed by atoms with Crippen LogP contribution in [0.2, 0.25) is 0 Å². The Labute approximate surface area is 99.0 Å². The first-order chi connectivity index (χ1) is 8.17. The van der Waals surface area contributed by atoms with Crippen molar-refractivity contribution >= 4 is 17.6 Å². The van der Waals surface area contributed by atoms with Crippen molar-refractivity contribution in [1.82, 2.24) is 0 Å². The Bertz CT molecular complexity index is 440. The third kappa shape index (κ3) is 3.98. The Morgan fingerprint density at radius 1 is 1.18 bits per heavy atom. The third-order valence-electron chi connectivity index (χ3n) is 1.94. The van der Waals surface area contributed by atoms with Crippen LogP contribution >= 0.6 is 0 Å². The van der Waals surface area contributed by atoms with Crippen molar-refractivity contribution in [2.24, 2.45) is 0 Å². The fourth-order valence-corrected chi connectivity index (χ4v) is 1.13. The van der Waals surface area contributed by atoms with Crippen LogP contribution in [0.1, 0.15) is 0 Å². The number of hydrogen-bond acceptors (Lipinski definition) is 4. The van der Waals surface area contributed by atoms with E-state index >= 15 is 0 Å². The van der Waals surface area contributed by atoms with E-state index in [-0.39, 0.29) is 0 Å². The SMILES string of the molecule is COC(=O)/C=C\C(=O)Nc1ccccc1OC. The molecule has 1 amide bonds. The molecule has 5 nitrogen and oxygen atoms in total. The van der Waals surface area contributed by atoms with Gasteiger partial charge in [-0.2, -0.15) is 0 Å². The van der Waals surface area contributed by atoms with Crippen LogP contribution in [0.5, 0.6) is 5.75 Å². The van der Waals surface area contributed by atoms with Crippen LogP contribution in [0.3, 0.4) is 0 Å².